The molecule has 0 radical (unpaired) electrons. The van der Waals surface area contributed by atoms with Crippen LogP contribution in [-0.4, -0.2) is 21.0 Å². The number of phenols is 1. The van der Waals surface area contributed by atoms with E-state index in [0.29, 0.717) is 5.56 Å². The summed E-state index contributed by atoms with van der Waals surface area (Å²) >= 11 is 0. The predicted octanol–water partition coefficient (Wildman–Crippen LogP) is 0.532. The van der Waals surface area contributed by atoms with Gasteiger partial charge in [0.15, 0.2) is 0 Å². The molecule has 20 heavy (non-hydrogen) atoms. The molecule has 0 aliphatic carbocycles. The minimum Gasteiger partial charge on any atom is -0.508 e. The third-order valence-electron chi connectivity index (χ3n) is 3.26. The summed E-state index contributed by atoms with van der Waals surface area (Å²) in [5.41, 5.74) is 6.25. The highest BCUT2D eigenvalue weighted by atomic mass is 16.3. The van der Waals surface area contributed by atoms with Crippen LogP contribution < -0.4 is 16.6 Å². The normalized spacial score (nSPS) is 17.4. The highest BCUT2D eigenvalue weighted by molar-refractivity contribution is 5.94. The van der Waals surface area contributed by atoms with Gasteiger partial charge in [-0.3, -0.25) is 14.6 Å². The van der Waals surface area contributed by atoms with Gasteiger partial charge in [-0.1, -0.05) is 12.1 Å². The molecule has 1 aliphatic rings. The van der Waals surface area contributed by atoms with E-state index in [1.165, 1.54) is 12.1 Å². The molecule has 1 aromatic heterocycles. The summed E-state index contributed by atoms with van der Waals surface area (Å²) in [5.74, 6) is -0.358. The summed E-state index contributed by atoms with van der Waals surface area (Å²) in [6, 6.07) is 6.39. The zero-order chi connectivity index (χ0) is 14.3. The summed E-state index contributed by atoms with van der Waals surface area (Å²) in [4.78, 5) is 30.2. The molecule has 1 unspecified atom stereocenters. The molecule has 0 spiro atoms. The number of carbonyl (C=O) groups is 1. The first-order valence-electron chi connectivity index (χ1n) is 6.03. The first kappa shape index (κ1) is 12.2. The van der Waals surface area contributed by atoms with Crippen LogP contribution in [0, 0.1) is 0 Å². The monoisotopic (exact) mass is 272 g/mol. The van der Waals surface area contributed by atoms with Gasteiger partial charge >= 0.3 is 0 Å². The van der Waals surface area contributed by atoms with Gasteiger partial charge in [0.1, 0.15) is 11.6 Å². The fourth-order valence-corrected chi connectivity index (χ4v) is 2.38. The van der Waals surface area contributed by atoms with Crippen molar-refractivity contribution in [1.29, 1.82) is 0 Å². The molecule has 3 rings (SSSR count). The number of nitrogen functional groups attached to an aromatic ring is 1. The SMILES string of the molecule is Nc1nc2c(c(=O)[nH]1)C(c1ccc(O)cc1)CC(=O)N2. The lowest BCUT2D eigenvalue weighted by molar-refractivity contribution is -0.116. The summed E-state index contributed by atoms with van der Waals surface area (Å²) in [7, 11) is 0. The molecule has 102 valence electrons. The van der Waals surface area contributed by atoms with Gasteiger partial charge in [-0.15, -0.1) is 0 Å². The van der Waals surface area contributed by atoms with E-state index in [4.69, 9.17) is 5.73 Å². The molecule has 2 heterocycles. The Labute approximate surface area is 113 Å². The van der Waals surface area contributed by atoms with Crippen LogP contribution in [0.1, 0.15) is 23.5 Å². The van der Waals surface area contributed by atoms with Gasteiger partial charge in [0, 0.05) is 12.3 Å². The predicted molar refractivity (Wildman–Crippen MR) is 72.5 cm³/mol. The fraction of sp³-hybridized carbons (Fsp3) is 0.154. The van der Waals surface area contributed by atoms with Crippen molar-refractivity contribution in [2.45, 2.75) is 12.3 Å². The lowest BCUT2D eigenvalue weighted by Gasteiger charge is -2.24. The number of fused-ring (bicyclic) bond motifs is 1. The zero-order valence-corrected chi connectivity index (χ0v) is 10.4. The van der Waals surface area contributed by atoms with Crippen molar-refractivity contribution < 1.29 is 9.90 Å². The van der Waals surface area contributed by atoms with Crippen molar-refractivity contribution in [3.05, 3.63) is 45.7 Å². The maximum absolute atomic E-state index is 12.1. The van der Waals surface area contributed by atoms with Crippen molar-refractivity contribution >= 4 is 17.7 Å². The van der Waals surface area contributed by atoms with E-state index in [9.17, 15) is 14.7 Å². The van der Waals surface area contributed by atoms with Crippen LogP contribution in [0.3, 0.4) is 0 Å². The van der Waals surface area contributed by atoms with Gasteiger partial charge in [-0.25, -0.2) is 0 Å². The van der Waals surface area contributed by atoms with E-state index in [2.05, 4.69) is 15.3 Å². The van der Waals surface area contributed by atoms with Gasteiger partial charge in [0.05, 0.1) is 5.56 Å². The summed E-state index contributed by atoms with van der Waals surface area (Å²) in [6.45, 7) is 0. The minimum absolute atomic E-state index is 0.0413. The first-order chi connectivity index (χ1) is 9.54. The molecule has 1 atom stereocenters. The fourth-order valence-electron chi connectivity index (χ4n) is 2.38. The molecule has 1 aromatic carbocycles. The molecule has 5 N–H and O–H groups in total. The Kier molecular flexibility index (Phi) is 2.67. The molecular weight excluding hydrogens is 260 g/mol. The number of rotatable bonds is 1. The van der Waals surface area contributed by atoms with Crippen LogP contribution in [0.2, 0.25) is 0 Å². The number of H-pyrrole nitrogens is 1. The second-order valence-corrected chi connectivity index (χ2v) is 4.61. The number of anilines is 2. The largest absolute Gasteiger partial charge is 0.508 e. The maximum Gasteiger partial charge on any atom is 0.258 e. The Hall–Kier alpha value is -2.83. The quantitative estimate of drug-likeness (QED) is 0.603. The second-order valence-electron chi connectivity index (χ2n) is 4.61. The summed E-state index contributed by atoms with van der Waals surface area (Å²) in [5, 5.41) is 11.9. The van der Waals surface area contributed by atoms with Crippen LogP contribution in [0.4, 0.5) is 11.8 Å². The van der Waals surface area contributed by atoms with Crippen LogP contribution in [0.25, 0.3) is 0 Å². The number of benzene rings is 1. The number of hydrogen-bond donors (Lipinski definition) is 4. The average Bonchev–Trinajstić information content (AvgIpc) is 2.37. The van der Waals surface area contributed by atoms with Crippen LogP contribution >= 0.6 is 0 Å². The lowest BCUT2D eigenvalue weighted by atomic mass is 9.87. The highest BCUT2D eigenvalue weighted by Gasteiger charge is 2.30. The van der Waals surface area contributed by atoms with Crippen molar-refractivity contribution in [2.75, 3.05) is 11.1 Å². The number of amides is 1. The number of phenolic OH excluding ortho intramolecular Hbond substituents is 1. The summed E-state index contributed by atoms with van der Waals surface area (Å²) < 4.78 is 0. The van der Waals surface area contributed by atoms with Crippen molar-refractivity contribution in [1.82, 2.24) is 9.97 Å². The van der Waals surface area contributed by atoms with E-state index in [1.54, 1.807) is 12.1 Å². The van der Waals surface area contributed by atoms with Crippen molar-refractivity contribution in [3.8, 4) is 5.75 Å². The van der Waals surface area contributed by atoms with Gasteiger partial charge in [0.25, 0.3) is 5.56 Å². The number of aromatic nitrogens is 2. The standard InChI is InChI=1S/C13H12N4O3/c14-13-16-11-10(12(20)17-13)8(5-9(19)15-11)6-1-3-7(18)4-2-6/h1-4,8,18H,5H2,(H4,14,15,16,17,19,20). The van der Waals surface area contributed by atoms with Crippen LogP contribution in [0.5, 0.6) is 5.75 Å². The molecule has 2 aromatic rings. The van der Waals surface area contributed by atoms with Gasteiger partial charge < -0.3 is 16.2 Å². The molecule has 1 amide bonds. The van der Waals surface area contributed by atoms with E-state index in [0.717, 1.165) is 5.56 Å². The molecule has 0 fully saturated rings. The molecule has 0 saturated heterocycles. The smallest absolute Gasteiger partial charge is 0.258 e. The maximum atomic E-state index is 12.1. The zero-order valence-electron chi connectivity index (χ0n) is 10.4. The Morgan fingerprint density at radius 2 is 1.95 bits per heavy atom. The lowest BCUT2D eigenvalue weighted by Crippen LogP contribution is -2.31. The topological polar surface area (TPSA) is 121 Å². The van der Waals surface area contributed by atoms with Crippen molar-refractivity contribution in [2.24, 2.45) is 0 Å². The highest BCUT2D eigenvalue weighted by Crippen LogP contribution is 2.34. The third kappa shape index (κ3) is 1.99. The van der Waals surface area contributed by atoms with Crippen LogP contribution in [-0.2, 0) is 4.79 Å². The third-order valence-corrected chi connectivity index (χ3v) is 3.26. The number of hydrogen-bond acceptors (Lipinski definition) is 5. The molecule has 7 nitrogen and oxygen atoms in total. The van der Waals surface area contributed by atoms with Crippen LogP contribution in [0.15, 0.2) is 29.1 Å². The van der Waals surface area contributed by atoms with Gasteiger partial charge in [-0.2, -0.15) is 4.98 Å². The van der Waals surface area contributed by atoms with Gasteiger partial charge in [0.2, 0.25) is 11.9 Å². The van der Waals surface area contributed by atoms with E-state index >= 15 is 0 Å². The second kappa shape index (κ2) is 4.37. The molecular formula is C13H12N4O3. The summed E-state index contributed by atoms with van der Waals surface area (Å²) in [6.07, 6.45) is 0.145. The number of aromatic hydroxyl groups is 1. The van der Waals surface area contributed by atoms with Crippen molar-refractivity contribution in [3.63, 3.8) is 0 Å². The first-order valence-corrected chi connectivity index (χ1v) is 6.03. The number of nitrogens with two attached hydrogens (primary N) is 1. The number of aromatic amines is 1. The van der Waals surface area contributed by atoms with E-state index in [1.807, 2.05) is 0 Å². The molecule has 0 bridgehead atoms. The molecule has 7 heteroatoms. The van der Waals surface area contributed by atoms with E-state index < -0.39 is 5.92 Å². The van der Waals surface area contributed by atoms with E-state index in [-0.39, 0.29) is 35.4 Å². The Bertz CT molecular complexity index is 736. The number of nitrogens with zero attached hydrogens (tertiary/aromatic N) is 1. The molecule has 1 aliphatic heterocycles. The average molecular weight is 272 g/mol. The number of carbonyl (C=O) groups excluding carboxylic acids is 1. The Morgan fingerprint density at radius 3 is 2.65 bits per heavy atom. The molecule has 0 saturated carbocycles. The minimum atomic E-state index is -0.406. The van der Waals surface area contributed by atoms with Gasteiger partial charge in [-0.05, 0) is 17.7 Å². The Balaban J connectivity index is 2.17. The number of nitrogens with one attached hydrogen (secondary N) is 2. The Morgan fingerprint density at radius 1 is 1.25 bits per heavy atom.